The van der Waals surface area contributed by atoms with E-state index in [0.717, 1.165) is 16.8 Å². The molecule has 0 amide bonds. The zero-order chi connectivity index (χ0) is 22.4. The molecule has 0 spiro atoms. The number of aryl methyl sites for hydroxylation is 1. The number of hydrogen-bond acceptors (Lipinski definition) is 4. The molecule has 4 rings (SSSR count). The third-order valence-corrected chi connectivity index (χ3v) is 6.74. The number of nitrogens with one attached hydrogen (secondary N) is 1. The van der Waals surface area contributed by atoms with Crippen molar-refractivity contribution in [1.29, 1.82) is 0 Å². The molecule has 31 heavy (non-hydrogen) atoms. The van der Waals surface area contributed by atoms with E-state index in [-0.39, 0.29) is 10.3 Å². The standard InChI is InChI=1S/C23H23ClN4O2S/c1-15-5-6-16(14-25-15)20-13-21-19(24)11-12-22(28(21)26-20)27-31(29,30)18-9-7-17(8-10-18)23(2,3)4/h5-14,27H,1-4H3. The topological polar surface area (TPSA) is 76.4 Å². The molecule has 0 fully saturated rings. The summed E-state index contributed by atoms with van der Waals surface area (Å²) in [5, 5.41) is 5.03. The van der Waals surface area contributed by atoms with E-state index >= 15 is 0 Å². The van der Waals surface area contributed by atoms with Crippen LogP contribution in [0.5, 0.6) is 0 Å². The van der Waals surface area contributed by atoms with Gasteiger partial charge in [0.2, 0.25) is 0 Å². The Morgan fingerprint density at radius 2 is 1.71 bits per heavy atom. The summed E-state index contributed by atoms with van der Waals surface area (Å²) in [7, 11) is -3.81. The summed E-state index contributed by atoms with van der Waals surface area (Å²) in [5.74, 6) is 0.297. The van der Waals surface area contributed by atoms with Crippen LogP contribution < -0.4 is 4.72 Å². The van der Waals surface area contributed by atoms with Gasteiger partial charge in [0.25, 0.3) is 10.0 Å². The van der Waals surface area contributed by atoms with Crippen molar-refractivity contribution in [3.8, 4) is 11.3 Å². The van der Waals surface area contributed by atoms with Gasteiger partial charge >= 0.3 is 0 Å². The zero-order valence-corrected chi connectivity index (χ0v) is 19.3. The molecule has 0 unspecified atom stereocenters. The SMILES string of the molecule is Cc1ccc(-c2cc3c(Cl)ccc(NS(=O)(=O)c4ccc(C(C)(C)C)cc4)n3n2)cn1. The van der Waals surface area contributed by atoms with Crippen LogP contribution in [0.2, 0.25) is 5.02 Å². The molecule has 4 aromatic rings. The van der Waals surface area contributed by atoms with Crippen LogP contribution in [0.3, 0.4) is 0 Å². The van der Waals surface area contributed by atoms with Gasteiger partial charge in [0.15, 0.2) is 0 Å². The van der Waals surface area contributed by atoms with Crippen LogP contribution in [0.4, 0.5) is 5.82 Å². The summed E-state index contributed by atoms with van der Waals surface area (Å²) >= 11 is 6.35. The van der Waals surface area contributed by atoms with Crippen LogP contribution >= 0.6 is 11.6 Å². The maximum Gasteiger partial charge on any atom is 0.263 e. The smallest absolute Gasteiger partial charge is 0.263 e. The molecule has 1 N–H and O–H groups in total. The molecule has 0 bridgehead atoms. The van der Waals surface area contributed by atoms with Gasteiger partial charge in [-0.1, -0.05) is 44.5 Å². The Morgan fingerprint density at radius 1 is 1.00 bits per heavy atom. The number of hydrogen-bond donors (Lipinski definition) is 1. The Balaban J connectivity index is 1.72. The summed E-state index contributed by atoms with van der Waals surface area (Å²) in [5.41, 5.74) is 3.96. The average Bonchev–Trinajstić information content (AvgIpc) is 3.17. The van der Waals surface area contributed by atoms with E-state index in [2.05, 4.69) is 35.6 Å². The van der Waals surface area contributed by atoms with Gasteiger partial charge in [-0.25, -0.2) is 12.9 Å². The Morgan fingerprint density at radius 3 is 2.32 bits per heavy atom. The first kappa shape index (κ1) is 21.3. The van der Waals surface area contributed by atoms with Crippen molar-refractivity contribution in [1.82, 2.24) is 14.6 Å². The Kier molecular flexibility index (Phi) is 5.27. The van der Waals surface area contributed by atoms with Gasteiger partial charge in [0.05, 0.1) is 21.1 Å². The lowest BCUT2D eigenvalue weighted by molar-refractivity contribution is 0.587. The van der Waals surface area contributed by atoms with Gasteiger partial charge in [0.1, 0.15) is 5.82 Å². The fraction of sp³-hybridized carbons (Fsp3) is 0.217. The number of fused-ring (bicyclic) bond motifs is 1. The van der Waals surface area contributed by atoms with Crippen molar-refractivity contribution in [2.75, 3.05) is 4.72 Å². The fourth-order valence-corrected chi connectivity index (χ4v) is 4.45. The van der Waals surface area contributed by atoms with Crippen LogP contribution in [-0.2, 0) is 15.4 Å². The monoisotopic (exact) mass is 454 g/mol. The number of anilines is 1. The largest absolute Gasteiger partial charge is 0.263 e. The van der Waals surface area contributed by atoms with Crippen molar-refractivity contribution in [2.45, 2.75) is 38.0 Å². The highest BCUT2D eigenvalue weighted by molar-refractivity contribution is 7.92. The number of aromatic nitrogens is 3. The molecule has 3 heterocycles. The second-order valence-electron chi connectivity index (χ2n) is 8.46. The van der Waals surface area contributed by atoms with Gasteiger partial charge in [-0.3, -0.25) is 9.71 Å². The van der Waals surface area contributed by atoms with E-state index in [4.69, 9.17) is 11.6 Å². The second kappa shape index (κ2) is 7.66. The first-order valence-corrected chi connectivity index (χ1v) is 11.7. The van der Waals surface area contributed by atoms with Gasteiger partial charge in [-0.05, 0) is 60.4 Å². The molecule has 3 aromatic heterocycles. The maximum absolute atomic E-state index is 13.0. The summed E-state index contributed by atoms with van der Waals surface area (Å²) in [6.45, 7) is 8.15. The molecule has 0 aliphatic heterocycles. The first-order chi connectivity index (χ1) is 14.5. The van der Waals surface area contributed by atoms with Crippen molar-refractivity contribution >= 4 is 33.0 Å². The van der Waals surface area contributed by atoms with E-state index in [9.17, 15) is 8.42 Å². The number of benzene rings is 1. The third kappa shape index (κ3) is 4.29. The minimum Gasteiger partial charge on any atom is -0.263 e. The first-order valence-electron chi connectivity index (χ1n) is 9.79. The van der Waals surface area contributed by atoms with Gasteiger partial charge in [-0.15, -0.1) is 0 Å². The molecule has 160 valence electrons. The van der Waals surface area contributed by atoms with Crippen LogP contribution in [0.25, 0.3) is 16.8 Å². The highest BCUT2D eigenvalue weighted by atomic mass is 35.5. The second-order valence-corrected chi connectivity index (χ2v) is 10.6. The number of sulfonamides is 1. The highest BCUT2D eigenvalue weighted by Gasteiger charge is 2.20. The Hall–Kier alpha value is -2.90. The van der Waals surface area contributed by atoms with E-state index in [1.165, 1.54) is 4.52 Å². The summed E-state index contributed by atoms with van der Waals surface area (Å²) in [4.78, 5) is 4.48. The molecule has 8 heteroatoms. The lowest BCUT2D eigenvalue weighted by atomic mass is 9.87. The Bertz CT molecular complexity index is 1350. The van der Waals surface area contributed by atoms with Crippen LogP contribution in [0, 0.1) is 6.92 Å². The predicted molar refractivity (Wildman–Crippen MR) is 124 cm³/mol. The highest BCUT2D eigenvalue weighted by Crippen LogP contribution is 2.29. The molecule has 1 aromatic carbocycles. The van der Waals surface area contributed by atoms with E-state index < -0.39 is 10.0 Å². The van der Waals surface area contributed by atoms with Crippen LogP contribution in [0.1, 0.15) is 32.0 Å². The molecule has 0 aliphatic carbocycles. The average molecular weight is 455 g/mol. The molecule has 0 radical (unpaired) electrons. The lowest BCUT2D eigenvalue weighted by Crippen LogP contribution is -2.16. The molecule has 0 saturated heterocycles. The van der Waals surface area contributed by atoms with E-state index in [1.54, 1.807) is 30.5 Å². The van der Waals surface area contributed by atoms with Gasteiger partial charge in [-0.2, -0.15) is 5.10 Å². The number of halogens is 1. The Labute approximate surface area is 187 Å². The third-order valence-electron chi connectivity index (χ3n) is 5.05. The molecule has 0 atom stereocenters. The van der Waals surface area contributed by atoms with Crippen LogP contribution in [-0.4, -0.2) is 23.0 Å². The van der Waals surface area contributed by atoms with Gasteiger partial charge < -0.3 is 0 Å². The van der Waals surface area contributed by atoms with Crippen molar-refractivity contribution in [3.05, 3.63) is 77.1 Å². The number of nitrogens with zero attached hydrogens (tertiary/aromatic N) is 3. The molecular weight excluding hydrogens is 432 g/mol. The fourth-order valence-electron chi connectivity index (χ4n) is 3.21. The quantitative estimate of drug-likeness (QED) is 0.444. The predicted octanol–water partition coefficient (Wildman–Crippen LogP) is 5.46. The lowest BCUT2D eigenvalue weighted by Gasteiger charge is -2.19. The minimum atomic E-state index is -3.81. The zero-order valence-electron chi connectivity index (χ0n) is 17.7. The minimum absolute atomic E-state index is 0.0612. The maximum atomic E-state index is 13.0. The molecular formula is C23H23ClN4O2S. The van der Waals surface area contributed by atoms with Gasteiger partial charge in [0, 0.05) is 17.5 Å². The molecule has 6 nitrogen and oxygen atoms in total. The van der Waals surface area contributed by atoms with Crippen molar-refractivity contribution in [3.63, 3.8) is 0 Å². The van der Waals surface area contributed by atoms with Crippen molar-refractivity contribution in [2.24, 2.45) is 0 Å². The molecule has 0 aliphatic rings. The van der Waals surface area contributed by atoms with Crippen molar-refractivity contribution < 1.29 is 8.42 Å². The normalized spacial score (nSPS) is 12.3. The summed E-state index contributed by atoms with van der Waals surface area (Å²) in [6.07, 6.45) is 1.73. The number of rotatable bonds is 4. The van der Waals surface area contributed by atoms with E-state index in [0.29, 0.717) is 22.1 Å². The number of pyridine rings is 2. The van der Waals surface area contributed by atoms with Crippen LogP contribution in [0.15, 0.2) is 65.7 Å². The summed E-state index contributed by atoms with van der Waals surface area (Å²) < 4.78 is 30.2. The summed E-state index contributed by atoms with van der Waals surface area (Å²) in [6, 6.07) is 15.8. The molecule has 0 saturated carbocycles. The van der Waals surface area contributed by atoms with E-state index in [1.807, 2.05) is 37.3 Å².